The first-order chi connectivity index (χ1) is 16.4. The van der Waals surface area contributed by atoms with Gasteiger partial charge in [-0.15, -0.1) is 0 Å². The fourth-order valence-electron chi connectivity index (χ4n) is 3.00. The Hall–Kier alpha value is -4.51. The maximum atomic E-state index is 12.3. The molecule has 0 aliphatic heterocycles. The monoisotopic (exact) mass is 460 g/mol. The molecule has 1 heterocycles. The lowest BCUT2D eigenvalue weighted by Gasteiger charge is -2.12. The van der Waals surface area contributed by atoms with E-state index in [2.05, 4.69) is 5.32 Å². The minimum atomic E-state index is -0.600. The van der Waals surface area contributed by atoms with E-state index in [0.717, 1.165) is 11.1 Å². The summed E-state index contributed by atoms with van der Waals surface area (Å²) in [5.41, 5.74) is 2.35. The van der Waals surface area contributed by atoms with Crippen LogP contribution in [0.4, 0.5) is 0 Å². The average Bonchev–Trinajstić information content (AvgIpc) is 3.36. The van der Waals surface area contributed by atoms with Crippen LogP contribution in [-0.2, 0) is 16.1 Å². The molecule has 0 radical (unpaired) electrons. The molecule has 1 N–H and O–H groups in total. The highest BCUT2D eigenvalue weighted by molar-refractivity contribution is 6.01. The van der Waals surface area contributed by atoms with Crippen LogP contribution in [0.3, 0.4) is 0 Å². The molecule has 0 atom stereocenters. The zero-order chi connectivity index (χ0) is 24.5. The van der Waals surface area contributed by atoms with Crippen LogP contribution >= 0.6 is 0 Å². The third-order valence-corrected chi connectivity index (χ3v) is 4.78. The number of ether oxygens (including phenoxy) is 3. The third-order valence-electron chi connectivity index (χ3n) is 4.78. The first kappa shape index (κ1) is 24.1. The van der Waals surface area contributed by atoms with Gasteiger partial charge in [-0.1, -0.05) is 18.2 Å². The number of amides is 1. The van der Waals surface area contributed by atoms with E-state index in [4.69, 9.17) is 18.6 Å². The quantitative estimate of drug-likeness (QED) is 0.221. The van der Waals surface area contributed by atoms with Crippen molar-refractivity contribution in [3.63, 3.8) is 0 Å². The number of aryl methyl sites for hydroxylation is 2. The van der Waals surface area contributed by atoms with Crippen LogP contribution in [0.5, 0.6) is 17.2 Å². The fourth-order valence-corrected chi connectivity index (χ4v) is 3.00. The molecule has 1 aromatic heterocycles. The minimum Gasteiger partial charge on any atom is -0.493 e. The highest BCUT2D eigenvalue weighted by Gasteiger charge is 2.14. The minimum absolute atomic E-state index is 0.0970. The molecule has 1 amide bonds. The molecule has 34 heavy (non-hydrogen) atoms. The SMILES string of the molecule is COc1cc(/C=C(\C#N)C(=O)NCc2ccco2)ccc1OC(=O)COc1cc(C)ccc1C. The second kappa shape index (κ2) is 11.4. The number of rotatable bonds is 9. The summed E-state index contributed by atoms with van der Waals surface area (Å²) in [4.78, 5) is 24.6. The lowest BCUT2D eigenvalue weighted by molar-refractivity contribution is -0.136. The van der Waals surface area contributed by atoms with Crippen LogP contribution in [0.1, 0.15) is 22.5 Å². The molecule has 3 aromatic rings. The van der Waals surface area contributed by atoms with Crippen LogP contribution in [-0.4, -0.2) is 25.6 Å². The van der Waals surface area contributed by atoms with Gasteiger partial charge in [0.15, 0.2) is 18.1 Å². The molecule has 0 fully saturated rings. The lowest BCUT2D eigenvalue weighted by atomic mass is 10.1. The molecule has 2 aromatic carbocycles. The van der Waals surface area contributed by atoms with Crippen LogP contribution in [0.2, 0.25) is 0 Å². The summed E-state index contributed by atoms with van der Waals surface area (Å²) >= 11 is 0. The summed E-state index contributed by atoms with van der Waals surface area (Å²) in [6.07, 6.45) is 2.91. The topological polar surface area (TPSA) is 111 Å². The van der Waals surface area contributed by atoms with Gasteiger partial charge in [0.05, 0.1) is 19.9 Å². The van der Waals surface area contributed by atoms with Gasteiger partial charge in [-0.2, -0.15) is 5.26 Å². The van der Waals surface area contributed by atoms with Crippen molar-refractivity contribution in [2.24, 2.45) is 0 Å². The smallest absolute Gasteiger partial charge is 0.349 e. The maximum absolute atomic E-state index is 12.3. The summed E-state index contributed by atoms with van der Waals surface area (Å²) in [6.45, 7) is 3.71. The van der Waals surface area contributed by atoms with Crippen LogP contribution in [0, 0.1) is 25.2 Å². The van der Waals surface area contributed by atoms with E-state index in [9.17, 15) is 14.9 Å². The number of nitrogens with zero attached hydrogens (tertiary/aromatic N) is 1. The van der Waals surface area contributed by atoms with Gasteiger partial charge in [-0.3, -0.25) is 4.79 Å². The number of hydrogen-bond donors (Lipinski definition) is 1. The maximum Gasteiger partial charge on any atom is 0.349 e. The van der Waals surface area contributed by atoms with Crippen LogP contribution < -0.4 is 19.5 Å². The van der Waals surface area contributed by atoms with Gasteiger partial charge in [-0.25, -0.2) is 4.79 Å². The molecule has 0 saturated heterocycles. The summed E-state index contributed by atoms with van der Waals surface area (Å²) in [5, 5.41) is 12.0. The van der Waals surface area contributed by atoms with Gasteiger partial charge in [0.2, 0.25) is 0 Å². The summed E-state index contributed by atoms with van der Waals surface area (Å²) in [5.74, 6) is 0.491. The van der Waals surface area contributed by atoms with E-state index in [0.29, 0.717) is 17.1 Å². The Kier molecular flexibility index (Phi) is 8.08. The van der Waals surface area contributed by atoms with E-state index < -0.39 is 11.9 Å². The van der Waals surface area contributed by atoms with Crippen molar-refractivity contribution in [1.29, 1.82) is 5.26 Å². The Morgan fingerprint density at radius 3 is 2.62 bits per heavy atom. The summed E-state index contributed by atoms with van der Waals surface area (Å²) < 4.78 is 21.4. The highest BCUT2D eigenvalue weighted by atomic mass is 16.6. The number of carbonyl (C=O) groups excluding carboxylic acids is 2. The molecule has 0 unspecified atom stereocenters. The zero-order valence-electron chi connectivity index (χ0n) is 19.1. The third kappa shape index (κ3) is 6.50. The molecule has 174 valence electrons. The molecule has 0 bridgehead atoms. The summed E-state index contributed by atoms with van der Waals surface area (Å²) in [6, 6.07) is 15.7. The molecule has 0 saturated carbocycles. The van der Waals surface area contributed by atoms with Crippen molar-refractivity contribution in [3.8, 4) is 23.3 Å². The predicted octanol–water partition coefficient (Wildman–Crippen LogP) is 4.11. The Morgan fingerprint density at radius 2 is 1.91 bits per heavy atom. The Balaban J connectivity index is 1.65. The van der Waals surface area contributed by atoms with Crippen molar-refractivity contribution in [2.45, 2.75) is 20.4 Å². The molecule has 0 spiro atoms. The number of hydrogen-bond acceptors (Lipinski definition) is 7. The van der Waals surface area contributed by atoms with Crippen molar-refractivity contribution in [1.82, 2.24) is 5.32 Å². The normalized spacial score (nSPS) is 10.8. The van der Waals surface area contributed by atoms with Gasteiger partial charge in [0, 0.05) is 0 Å². The number of carbonyl (C=O) groups is 2. The van der Waals surface area contributed by atoms with Crippen molar-refractivity contribution in [3.05, 3.63) is 82.8 Å². The standard InChI is InChI=1S/C26H24N2O6/c1-17-6-7-18(2)23(11-17)33-16-25(29)34-22-9-8-19(13-24(22)31-3)12-20(14-27)26(30)28-15-21-5-4-10-32-21/h4-13H,15-16H2,1-3H3,(H,28,30)/b20-12+. The largest absolute Gasteiger partial charge is 0.493 e. The van der Waals surface area contributed by atoms with E-state index in [1.807, 2.05) is 38.1 Å². The van der Waals surface area contributed by atoms with Crippen LogP contribution in [0.15, 0.2) is 64.8 Å². The number of furan rings is 1. The Morgan fingerprint density at radius 1 is 1.09 bits per heavy atom. The number of nitrogens with one attached hydrogen (secondary N) is 1. The Bertz CT molecular complexity index is 1240. The van der Waals surface area contributed by atoms with Crippen molar-refractivity contribution >= 4 is 18.0 Å². The Labute approximate surface area is 197 Å². The second-order valence-electron chi connectivity index (χ2n) is 7.37. The lowest BCUT2D eigenvalue weighted by Crippen LogP contribution is -2.23. The van der Waals surface area contributed by atoms with Gasteiger partial charge in [0.1, 0.15) is 23.2 Å². The van der Waals surface area contributed by atoms with Crippen LogP contribution in [0.25, 0.3) is 6.08 Å². The highest BCUT2D eigenvalue weighted by Crippen LogP contribution is 2.29. The number of nitriles is 1. The van der Waals surface area contributed by atoms with Gasteiger partial charge >= 0.3 is 5.97 Å². The molecule has 8 nitrogen and oxygen atoms in total. The van der Waals surface area contributed by atoms with Gasteiger partial charge in [-0.05, 0) is 66.9 Å². The van der Waals surface area contributed by atoms with Crippen molar-refractivity contribution < 1.29 is 28.2 Å². The molecular weight excluding hydrogens is 436 g/mol. The van der Waals surface area contributed by atoms with E-state index >= 15 is 0 Å². The molecule has 8 heteroatoms. The second-order valence-corrected chi connectivity index (χ2v) is 7.37. The summed E-state index contributed by atoms with van der Waals surface area (Å²) in [7, 11) is 1.42. The first-order valence-corrected chi connectivity index (χ1v) is 10.4. The van der Waals surface area contributed by atoms with Gasteiger partial charge < -0.3 is 23.9 Å². The molecule has 0 aliphatic rings. The number of esters is 1. The zero-order valence-corrected chi connectivity index (χ0v) is 19.1. The fraction of sp³-hybridized carbons (Fsp3) is 0.192. The average molecular weight is 460 g/mol. The molecule has 0 aliphatic carbocycles. The van der Waals surface area contributed by atoms with E-state index in [1.54, 1.807) is 24.3 Å². The molecule has 3 rings (SSSR count). The number of benzene rings is 2. The van der Waals surface area contributed by atoms with Gasteiger partial charge in [0.25, 0.3) is 5.91 Å². The molecular formula is C26H24N2O6. The van der Waals surface area contributed by atoms with E-state index in [1.165, 1.54) is 25.5 Å². The predicted molar refractivity (Wildman–Crippen MR) is 124 cm³/mol. The first-order valence-electron chi connectivity index (χ1n) is 10.4. The number of methoxy groups -OCH3 is 1. The van der Waals surface area contributed by atoms with E-state index in [-0.39, 0.29) is 30.2 Å². The van der Waals surface area contributed by atoms with Crippen molar-refractivity contribution in [2.75, 3.05) is 13.7 Å².